The molecule has 0 amide bonds. The summed E-state index contributed by atoms with van der Waals surface area (Å²) >= 11 is 0. The van der Waals surface area contributed by atoms with Crippen molar-refractivity contribution in [1.82, 2.24) is 10.3 Å². The highest BCUT2D eigenvalue weighted by molar-refractivity contribution is 5.77. The number of carbonyl (C=O) groups is 1. The molecule has 0 aliphatic carbocycles. The van der Waals surface area contributed by atoms with Crippen LogP contribution < -0.4 is 11.1 Å². The van der Waals surface area contributed by atoms with Crippen LogP contribution in [-0.2, 0) is 16.0 Å². The monoisotopic (exact) mass is 278 g/mol. The number of aliphatic imine (C=N–C) groups is 1. The number of carbonyl (C=O) groups excluding carboxylic acids is 1. The van der Waals surface area contributed by atoms with Gasteiger partial charge in [0.25, 0.3) is 0 Å². The summed E-state index contributed by atoms with van der Waals surface area (Å²) in [6, 6.07) is 5.81. The quantitative estimate of drug-likeness (QED) is 0.319. The van der Waals surface area contributed by atoms with E-state index in [-0.39, 0.29) is 5.97 Å². The first-order valence-corrected chi connectivity index (χ1v) is 6.81. The number of nitrogens with two attached hydrogens (primary N) is 1. The van der Waals surface area contributed by atoms with Crippen LogP contribution in [0.15, 0.2) is 29.4 Å². The summed E-state index contributed by atoms with van der Waals surface area (Å²) in [6.45, 7) is 3.41. The van der Waals surface area contributed by atoms with Gasteiger partial charge in [-0.05, 0) is 25.5 Å². The molecule has 6 nitrogen and oxygen atoms in total. The van der Waals surface area contributed by atoms with E-state index in [2.05, 4.69) is 15.3 Å². The molecule has 0 atom stereocenters. The van der Waals surface area contributed by atoms with Crippen molar-refractivity contribution >= 4 is 11.9 Å². The normalized spacial score (nSPS) is 11.2. The van der Waals surface area contributed by atoms with E-state index in [9.17, 15) is 4.79 Å². The molecule has 0 fully saturated rings. The second-order valence-electron chi connectivity index (χ2n) is 4.17. The Kier molecular flexibility index (Phi) is 7.79. The van der Waals surface area contributed by atoms with Gasteiger partial charge in [-0.15, -0.1) is 0 Å². The van der Waals surface area contributed by atoms with Crippen molar-refractivity contribution in [3.05, 3.63) is 30.1 Å². The van der Waals surface area contributed by atoms with Crippen molar-refractivity contribution in [1.29, 1.82) is 0 Å². The second-order valence-corrected chi connectivity index (χ2v) is 4.17. The number of hydrogen-bond acceptors (Lipinski definition) is 4. The highest BCUT2D eigenvalue weighted by Gasteiger charge is 2.00. The molecule has 0 spiro atoms. The molecule has 1 heterocycles. The Balaban J connectivity index is 2.11. The van der Waals surface area contributed by atoms with Gasteiger partial charge in [-0.3, -0.25) is 14.8 Å². The predicted molar refractivity (Wildman–Crippen MR) is 78.3 cm³/mol. The van der Waals surface area contributed by atoms with Gasteiger partial charge in [-0.2, -0.15) is 0 Å². The molecule has 0 saturated heterocycles. The lowest BCUT2D eigenvalue weighted by atomic mass is 10.3. The first kappa shape index (κ1) is 15.9. The number of pyridine rings is 1. The first-order valence-electron chi connectivity index (χ1n) is 6.81. The average Bonchev–Trinajstić information content (AvgIpc) is 2.45. The lowest BCUT2D eigenvalue weighted by Crippen LogP contribution is -2.33. The van der Waals surface area contributed by atoms with Gasteiger partial charge < -0.3 is 15.8 Å². The molecule has 0 bridgehead atoms. The van der Waals surface area contributed by atoms with Crippen LogP contribution in [0.1, 0.15) is 25.5 Å². The fraction of sp³-hybridized carbons (Fsp3) is 0.500. The fourth-order valence-corrected chi connectivity index (χ4v) is 1.58. The Morgan fingerprint density at radius 3 is 3.05 bits per heavy atom. The molecule has 1 rings (SSSR count). The zero-order valence-corrected chi connectivity index (χ0v) is 11.8. The van der Waals surface area contributed by atoms with Crippen molar-refractivity contribution < 1.29 is 9.53 Å². The lowest BCUT2D eigenvalue weighted by Gasteiger charge is -2.05. The van der Waals surface area contributed by atoms with Crippen LogP contribution in [0.4, 0.5) is 0 Å². The molecule has 1 aromatic heterocycles. The molecular weight excluding hydrogens is 256 g/mol. The number of nitrogens with one attached hydrogen (secondary N) is 1. The summed E-state index contributed by atoms with van der Waals surface area (Å²) in [7, 11) is 0. The van der Waals surface area contributed by atoms with Crippen molar-refractivity contribution in [2.45, 2.75) is 26.2 Å². The molecule has 20 heavy (non-hydrogen) atoms. The van der Waals surface area contributed by atoms with Gasteiger partial charge in [0.05, 0.1) is 6.61 Å². The van der Waals surface area contributed by atoms with E-state index < -0.39 is 0 Å². The molecule has 110 valence electrons. The molecule has 0 aliphatic heterocycles. The minimum atomic E-state index is -0.190. The third-order valence-corrected chi connectivity index (χ3v) is 2.54. The largest absolute Gasteiger partial charge is 0.466 e. The van der Waals surface area contributed by atoms with Gasteiger partial charge in [-0.1, -0.05) is 6.07 Å². The van der Waals surface area contributed by atoms with Crippen molar-refractivity contribution in [3.63, 3.8) is 0 Å². The maximum absolute atomic E-state index is 11.1. The van der Waals surface area contributed by atoms with E-state index in [1.165, 1.54) is 0 Å². The molecule has 0 unspecified atom stereocenters. The van der Waals surface area contributed by atoms with Crippen LogP contribution in [0.2, 0.25) is 0 Å². The zero-order chi connectivity index (χ0) is 14.6. The molecule has 0 aromatic carbocycles. The van der Waals surface area contributed by atoms with Crippen LogP contribution in [0.25, 0.3) is 0 Å². The van der Waals surface area contributed by atoms with E-state index >= 15 is 0 Å². The van der Waals surface area contributed by atoms with Crippen LogP contribution in [0.3, 0.4) is 0 Å². The van der Waals surface area contributed by atoms with Crippen LogP contribution in [-0.4, -0.2) is 36.6 Å². The van der Waals surface area contributed by atoms with Gasteiger partial charge in [0, 0.05) is 37.8 Å². The van der Waals surface area contributed by atoms with Crippen molar-refractivity contribution in [2.24, 2.45) is 10.7 Å². The first-order chi connectivity index (χ1) is 9.72. The lowest BCUT2D eigenvalue weighted by molar-refractivity contribution is -0.143. The molecule has 0 saturated carbocycles. The van der Waals surface area contributed by atoms with Gasteiger partial charge >= 0.3 is 5.97 Å². The number of guanidine groups is 1. The SMILES string of the molecule is CCOC(=O)CCCN=C(N)NCCc1ccccn1. The summed E-state index contributed by atoms with van der Waals surface area (Å²) in [4.78, 5) is 19.5. The van der Waals surface area contributed by atoms with Gasteiger partial charge in [0.1, 0.15) is 0 Å². The summed E-state index contributed by atoms with van der Waals surface area (Å²) in [6.07, 6.45) is 3.57. The van der Waals surface area contributed by atoms with E-state index in [0.29, 0.717) is 38.5 Å². The number of aromatic nitrogens is 1. The molecule has 1 aromatic rings. The third kappa shape index (κ3) is 7.35. The second kappa shape index (κ2) is 9.77. The van der Waals surface area contributed by atoms with Gasteiger partial charge in [0.15, 0.2) is 5.96 Å². The molecule has 6 heteroatoms. The molecule has 0 radical (unpaired) electrons. The topological polar surface area (TPSA) is 89.6 Å². The Morgan fingerprint density at radius 2 is 2.35 bits per heavy atom. The molecule has 3 N–H and O–H groups in total. The maximum Gasteiger partial charge on any atom is 0.305 e. The Hall–Kier alpha value is -2.11. The van der Waals surface area contributed by atoms with E-state index in [4.69, 9.17) is 10.5 Å². The zero-order valence-electron chi connectivity index (χ0n) is 11.8. The molecular formula is C14H22N4O2. The summed E-state index contributed by atoms with van der Waals surface area (Å²) in [5.74, 6) is 0.203. The molecule has 0 aliphatic rings. The van der Waals surface area contributed by atoms with Gasteiger partial charge in [0.2, 0.25) is 0 Å². The Labute approximate surface area is 119 Å². The van der Waals surface area contributed by atoms with E-state index in [1.54, 1.807) is 13.1 Å². The number of nitrogens with zero attached hydrogens (tertiary/aromatic N) is 2. The van der Waals surface area contributed by atoms with Crippen LogP contribution in [0.5, 0.6) is 0 Å². The van der Waals surface area contributed by atoms with Crippen LogP contribution in [0, 0.1) is 0 Å². The average molecular weight is 278 g/mol. The van der Waals surface area contributed by atoms with Crippen LogP contribution >= 0.6 is 0 Å². The number of esters is 1. The fourth-order valence-electron chi connectivity index (χ4n) is 1.58. The summed E-state index contributed by atoms with van der Waals surface area (Å²) < 4.78 is 4.82. The van der Waals surface area contributed by atoms with Crippen molar-refractivity contribution in [3.8, 4) is 0 Å². The smallest absolute Gasteiger partial charge is 0.305 e. The minimum Gasteiger partial charge on any atom is -0.466 e. The number of rotatable bonds is 8. The highest BCUT2D eigenvalue weighted by atomic mass is 16.5. The van der Waals surface area contributed by atoms with E-state index in [0.717, 1.165) is 12.1 Å². The standard InChI is InChI=1S/C14H22N4O2/c1-2-20-13(19)7-5-10-17-14(15)18-11-8-12-6-3-4-9-16-12/h3-4,6,9H,2,5,7-8,10-11H2,1H3,(H3,15,17,18). The Morgan fingerprint density at radius 1 is 1.50 bits per heavy atom. The number of hydrogen-bond donors (Lipinski definition) is 2. The van der Waals surface area contributed by atoms with E-state index in [1.807, 2.05) is 18.2 Å². The maximum atomic E-state index is 11.1. The Bertz CT molecular complexity index is 420. The third-order valence-electron chi connectivity index (χ3n) is 2.54. The number of ether oxygens (including phenoxy) is 1. The summed E-state index contributed by atoms with van der Waals surface area (Å²) in [5, 5.41) is 3.02. The highest BCUT2D eigenvalue weighted by Crippen LogP contribution is 1.94. The summed E-state index contributed by atoms with van der Waals surface area (Å²) in [5.41, 5.74) is 6.73. The minimum absolute atomic E-state index is 0.190. The van der Waals surface area contributed by atoms with Crippen molar-refractivity contribution in [2.75, 3.05) is 19.7 Å². The predicted octanol–water partition coefficient (Wildman–Crippen LogP) is 0.872. The van der Waals surface area contributed by atoms with Gasteiger partial charge in [-0.25, -0.2) is 0 Å².